The Morgan fingerprint density at radius 2 is 1.89 bits per heavy atom. The number of benzene rings is 1. The highest BCUT2D eigenvalue weighted by atomic mass is 14.1. The third-order valence-corrected chi connectivity index (χ3v) is 3.33. The van der Waals surface area contributed by atoms with E-state index in [4.69, 9.17) is 0 Å². The normalized spacial score (nSPS) is 13.7. The average molecular weight is 238 g/mol. The Hall–Kier alpha value is -1.56. The van der Waals surface area contributed by atoms with Gasteiger partial charge in [-0.1, -0.05) is 74.8 Å². The molecule has 0 bridgehead atoms. The molecule has 0 N–H and O–H groups in total. The fourth-order valence-electron chi connectivity index (χ4n) is 2.21. The molecule has 94 valence electrons. The highest BCUT2D eigenvalue weighted by molar-refractivity contribution is 6.00. The molecule has 0 aromatic heterocycles. The van der Waals surface area contributed by atoms with E-state index in [2.05, 4.69) is 61.6 Å². The maximum Gasteiger partial charge on any atom is -0.0111 e. The lowest BCUT2D eigenvalue weighted by molar-refractivity contribution is 0.674. The second-order valence-corrected chi connectivity index (χ2v) is 4.82. The summed E-state index contributed by atoms with van der Waals surface area (Å²) in [4.78, 5) is 0. The van der Waals surface area contributed by atoms with E-state index in [-0.39, 0.29) is 0 Å². The highest BCUT2D eigenvalue weighted by Crippen LogP contribution is 2.32. The lowest BCUT2D eigenvalue weighted by Gasteiger charge is -2.16. The van der Waals surface area contributed by atoms with Gasteiger partial charge >= 0.3 is 0 Å². The van der Waals surface area contributed by atoms with Crippen molar-refractivity contribution in [1.29, 1.82) is 0 Å². The first-order valence-corrected chi connectivity index (χ1v) is 7.06. The van der Waals surface area contributed by atoms with Crippen molar-refractivity contribution >= 4 is 11.6 Å². The molecule has 1 aliphatic carbocycles. The van der Waals surface area contributed by atoms with Crippen LogP contribution < -0.4 is 0 Å². The van der Waals surface area contributed by atoms with E-state index >= 15 is 0 Å². The Kier molecular flexibility index (Phi) is 5.01. The van der Waals surface area contributed by atoms with E-state index in [1.54, 1.807) is 0 Å². The first-order chi connectivity index (χ1) is 8.92. The van der Waals surface area contributed by atoms with Gasteiger partial charge < -0.3 is 0 Å². The number of unbranched alkanes of at least 4 members (excludes halogenated alkanes) is 4. The van der Waals surface area contributed by atoms with Crippen LogP contribution in [0.4, 0.5) is 0 Å². The molecular weight excluding hydrogens is 216 g/mol. The largest absolute Gasteiger partial charge is 0.0845 e. The summed E-state index contributed by atoms with van der Waals surface area (Å²) in [5, 5.41) is 0. The molecule has 1 aromatic carbocycles. The summed E-state index contributed by atoms with van der Waals surface area (Å²) in [5.74, 6) is 0. The molecule has 0 heterocycles. The minimum Gasteiger partial charge on any atom is -0.0845 e. The fourth-order valence-corrected chi connectivity index (χ4v) is 2.21. The van der Waals surface area contributed by atoms with Crippen molar-refractivity contribution in [3.63, 3.8) is 0 Å². The molecule has 0 amide bonds. The van der Waals surface area contributed by atoms with Gasteiger partial charge in [-0.25, -0.2) is 0 Å². The Balaban J connectivity index is 1.69. The molecule has 0 radical (unpaired) electrons. The van der Waals surface area contributed by atoms with E-state index in [9.17, 15) is 0 Å². The monoisotopic (exact) mass is 238 g/mol. The van der Waals surface area contributed by atoms with Crippen molar-refractivity contribution in [2.45, 2.75) is 39.0 Å². The molecular formula is C18H22. The average Bonchev–Trinajstić information content (AvgIpc) is 2.37. The Morgan fingerprint density at radius 1 is 1.00 bits per heavy atom. The van der Waals surface area contributed by atoms with Crippen LogP contribution in [0.5, 0.6) is 0 Å². The molecule has 2 rings (SSSR count). The number of fused-ring (bicyclic) bond motifs is 1. The lowest BCUT2D eigenvalue weighted by atomic mass is 9.88. The molecule has 0 saturated heterocycles. The van der Waals surface area contributed by atoms with Gasteiger partial charge in [-0.15, -0.1) is 0 Å². The fraction of sp³-hybridized carbons (Fsp3) is 0.333. The number of hydrogen-bond donors (Lipinski definition) is 0. The second-order valence-electron chi connectivity index (χ2n) is 4.82. The van der Waals surface area contributed by atoms with E-state index in [1.807, 2.05) is 0 Å². The van der Waals surface area contributed by atoms with Crippen LogP contribution in [0.1, 0.15) is 50.2 Å². The minimum atomic E-state index is 1.21. The molecule has 0 spiro atoms. The van der Waals surface area contributed by atoms with Crippen molar-refractivity contribution in [2.24, 2.45) is 0 Å². The van der Waals surface area contributed by atoms with E-state index in [0.29, 0.717) is 0 Å². The topological polar surface area (TPSA) is 0 Å². The summed E-state index contributed by atoms with van der Waals surface area (Å²) < 4.78 is 0. The van der Waals surface area contributed by atoms with Gasteiger partial charge in [0.25, 0.3) is 0 Å². The van der Waals surface area contributed by atoms with Crippen LogP contribution in [0, 0.1) is 0 Å². The summed E-state index contributed by atoms with van der Waals surface area (Å²) >= 11 is 0. The predicted octanol–water partition coefficient (Wildman–Crippen LogP) is 5.62. The maximum atomic E-state index is 2.28. The zero-order chi connectivity index (χ0) is 12.6. The van der Waals surface area contributed by atoms with Crippen LogP contribution in [-0.4, -0.2) is 0 Å². The van der Waals surface area contributed by atoms with Crippen LogP contribution in [0.25, 0.3) is 11.6 Å². The van der Waals surface area contributed by atoms with Gasteiger partial charge in [0.15, 0.2) is 0 Å². The third kappa shape index (κ3) is 3.46. The number of allylic oxidation sites excluding steroid dienone is 5. The predicted molar refractivity (Wildman–Crippen MR) is 81.4 cm³/mol. The van der Waals surface area contributed by atoms with Crippen molar-refractivity contribution in [2.75, 3.05) is 0 Å². The molecule has 0 saturated carbocycles. The summed E-state index contributed by atoms with van der Waals surface area (Å²) in [6.07, 6.45) is 17.6. The van der Waals surface area contributed by atoms with Crippen LogP contribution in [0.2, 0.25) is 0 Å². The van der Waals surface area contributed by atoms with E-state index in [1.165, 1.54) is 48.8 Å². The second kappa shape index (κ2) is 7.00. The molecule has 1 aromatic rings. The molecule has 0 fully saturated rings. The van der Waals surface area contributed by atoms with Crippen LogP contribution in [0.15, 0.2) is 48.6 Å². The summed E-state index contributed by atoms with van der Waals surface area (Å²) in [6, 6.07) is 8.54. The maximum absolute atomic E-state index is 2.28. The summed E-state index contributed by atoms with van der Waals surface area (Å²) in [6.45, 7) is 2.25. The van der Waals surface area contributed by atoms with Gasteiger partial charge in [0.2, 0.25) is 0 Å². The number of hydrogen-bond acceptors (Lipinski definition) is 0. The van der Waals surface area contributed by atoms with E-state index in [0.717, 1.165) is 0 Å². The van der Waals surface area contributed by atoms with Gasteiger partial charge in [0.05, 0.1) is 0 Å². The first-order valence-electron chi connectivity index (χ1n) is 7.06. The SMILES string of the molecule is CCCCCCC=CC=CC1=Cc2ccccc21. The molecule has 0 nitrogen and oxygen atoms in total. The van der Waals surface area contributed by atoms with Crippen molar-refractivity contribution in [3.8, 4) is 0 Å². The Labute approximate surface area is 111 Å². The summed E-state index contributed by atoms with van der Waals surface area (Å²) in [7, 11) is 0. The van der Waals surface area contributed by atoms with E-state index < -0.39 is 0 Å². The minimum absolute atomic E-state index is 1.21. The quantitative estimate of drug-likeness (QED) is 0.427. The zero-order valence-electron chi connectivity index (χ0n) is 11.2. The molecule has 0 unspecified atom stereocenters. The summed E-state index contributed by atoms with van der Waals surface area (Å²) in [5.41, 5.74) is 4.09. The molecule has 0 aliphatic heterocycles. The van der Waals surface area contributed by atoms with Crippen LogP contribution in [-0.2, 0) is 0 Å². The third-order valence-electron chi connectivity index (χ3n) is 3.33. The molecule has 18 heavy (non-hydrogen) atoms. The van der Waals surface area contributed by atoms with Crippen LogP contribution >= 0.6 is 0 Å². The Bertz CT molecular complexity index is 461. The van der Waals surface area contributed by atoms with Gasteiger partial charge in [-0.2, -0.15) is 0 Å². The van der Waals surface area contributed by atoms with Crippen molar-refractivity contribution in [3.05, 3.63) is 59.7 Å². The van der Waals surface area contributed by atoms with Gasteiger partial charge in [0, 0.05) is 0 Å². The molecule has 0 atom stereocenters. The number of rotatable bonds is 7. The smallest absolute Gasteiger partial charge is 0.0111 e. The first kappa shape index (κ1) is 12.9. The molecule has 1 aliphatic rings. The lowest BCUT2D eigenvalue weighted by Crippen LogP contribution is -1.94. The highest BCUT2D eigenvalue weighted by Gasteiger charge is 2.11. The van der Waals surface area contributed by atoms with Crippen LogP contribution in [0.3, 0.4) is 0 Å². The van der Waals surface area contributed by atoms with Crippen molar-refractivity contribution in [1.82, 2.24) is 0 Å². The van der Waals surface area contributed by atoms with Gasteiger partial charge in [-0.05, 0) is 35.6 Å². The van der Waals surface area contributed by atoms with Crippen molar-refractivity contribution < 1.29 is 0 Å². The standard InChI is InChI=1S/C18H22/c1-2-3-4-5-6-7-8-9-12-16-15-17-13-10-11-14-18(16)17/h7-15H,2-6H2,1H3. The van der Waals surface area contributed by atoms with Gasteiger partial charge in [0.1, 0.15) is 0 Å². The Morgan fingerprint density at radius 3 is 2.72 bits per heavy atom. The molecule has 0 heteroatoms. The zero-order valence-corrected chi connectivity index (χ0v) is 11.2. The van der Waals surface area contributed by atoms with Gasteiger partial charge in [-0.3, -0.25) is 0 Å².